The molecule has 11 heavy (non-hydrogen) atoms. The summed E-state index contributed by atoms with van der Waals surface area (Å²) in [5, 5.41) is 0. The van der Waals surface area contributed by atoms with E-state index in [1.807, 2.05) is 0 Å². The molecule has 0 aromatic carbocycles. The van der Waals surface area contributed by atoms with E-state index in [9.17, 15) is 0 Å². The van der Waals surface area contributed by atoms with Crippen molar-refractivity contribution in [3.63, 3.8) is 0 Å². The number of halogens is 3. The molecule has 0 unspecified atom stereocenters. The maximum Gasteiger partial charge on any atom is 0.294 e. The smallest absolute Gasteiger partial charge is 0.294 e. The van der Waals surface area contributed by atoms with Crippen LogP contribution in [0.1, 0.15) is 6.92 Å². The lowest BCUT2D eigenvalue weighted by atomic mass is 11.0. The Kier molecular flexibility index (Phi) is 50.0. The standard InChI is InChI=1S/C2H3ClO2.C2H4O.CH2ClI/c3-1-5-2-4;1-2-3;2-1-3/h2H,1H2;2H,1H3;1H2. The first-order valence-corrected chi connectivity index (χ1v) is 4.97. The first kappa shape index (κ1) is 17.5. The molecule has 0 saturated heterocycles. The summed E-state index contributed by atoms with van der Waals surface area (Å²) in [7, 11) is 0. The summed E-state index contributed by atoms with van der Waals surface area (Å²) in [4.78, 5) is 17.9. The van der Waals surface area contributed by atoms with Crippen molar-refractivity contribution in [1.29, 1.82) is 0 Å². The molecule has 0 bridgehead atoms. The first-order valence-electron chi connectivity index (χ1n) is 2.37. The maximum atomic E-state index is 9.10. The van der Waals surface area contributed by atoms with Gasteiger partial charge in [0, 0.05) is 0 Å². The van der Waals surface area contributed by atoms with Crippen LogP contribution in [0.5, 0.6) is 0 Å². The van der Waals surface area contributed by atoms with Gasteiger partial charge < -0.3 is 9.53 Å². The largest absolute Gasteiger partial charge is 0.452 e. The molecule has 0 aliphatic heterocycles. The van der Waals surface area contributed by atoms with Crippen molar-refractivity contribution in [3.05, 3.63) is 0 Å². The summed E-state index contributed by atoms with van der Waals surface area (Å²) in [5.41, 5.74) is 0. The third-order valence-corrected chi connectivity index (χ3v) is 0.257. The van der Waals surface area contributed by atoms with Crippen LogP contribution in [0.4, 0.5) is 0 Å². The average molecular weight is 315 g/mol. The van der Waals surface area contributed by atoms with Gasteiger partial charge in [-0.15, -0.1) is 11.6 Å². The summed E-state index contributed by atoms with van der Waals surface area (Å²) < 4.78 is 4.61. The number of carbonyl (C=O) groups is 2. The van der Waals surface area contributed by atoms with Crippen LogP contribution in [-0.2, 0) is 14.3 Å². The minimum absolute atomic E-state index is 0.0521. The van der Waals surface area contributed by atoms with Gasteiger partial charge in [0.15, 0.2) is 6.07 Å². The minimum atomic E-state index is -0.0521. The zero-order valence-corrected chi connectivity index (χ0v) is 9.60. The predicted molar refractivity (Wildman–Crippen MR) is 54.3 cm³/mol. The molecular formula is C5H9Cl2IO3. The summed E-state index contributed by atoms with van der Waals surface area (Å²) in [6.45, 7) is 1.74. The number of ether oxygens (including phenoxy) is 1. The van der Waals surface area contributed by atoms with Gasteiger partial charge in [0.05, 0.1) is 3.89 Å². The van der Waals surface area contributed by atoms with E-state index in [0.29, 0.717) is 10.4 Å². The van der Waals surface area contributed by atoms with Crippen LogP contribution in [0, 0.1) is 0 Å². The van der Waals surface area contributed by atoms with Gasteiger partial charge in [-0.2, -0.15) is 0 Å². The molecule has 3 nitrogen and oxygen atoms in total. The lowest BCUT2D eigenvalue weighted by molar-refractivity contribution is -0.126. The monoisotopic (exact) mass is 314 g/mol. The Bertz CT molecular complexity index is 72.7. The Morgan fingerprint density at radius 2 is 1.73 bits per heavy atom. The lowest BCUT2D eigenvalue weighted by Gasteiger charge is -1.77. The van der Waals surface area contributed by atoms with Crippen molar-refractivity contribution < 1.29 is 14.3 Å². The molecule has 0 rings (SSSR count). The molecule has 0 spiro atoms. The van der Waals surface area contributed by atoms with E-state index in [1.54, 1.807) is 0 Å². The number of hydrogen-bond donors (Lipinski definition) is 0. The molecule has 0 aliphatic carbocycles. The zero-order valence-electron chi connectivity index (χ0n) is 5.93. The number of aldehydes is 1. The van der Waals surface area contributed by atoms with E-state index in [2.05, 4.69) is 27.3 Å². The fourth-order valence-corrected chi connectivity index (χ4v) is 0.0772. The second kappa shape index (κ2) is 31.4. The van der Waals surface area contributed by atoms with Gasteiger partial charge in [0.25, 0.3) is 6.47 Å². The fourth-order valence-electron chi connectivity index (χ4n) is 0.0257. The van der Waals surface area contributed by atoms with E-state index >= 15 is 0 Å². The van der Waals surface area contributed by atoms with Gasteiger partial charge in [-0.3, -0.25) is 4.79 Å². The molecule has 0 heterocycles. The molecular weight excluding hydrogens is 306 g/mol. The summed E-state index contributed by atoms with van der Waals surface area (Å²) in [5.74, 6) is 0. The van der Waals surface area contributed by atoms with Gasteiger partial charge in [0.2, 0.25) is 0 Å². The van der Waals surface area contributed by atoms with Gasteiger partial charge in [-0.1, -0.05) is 34.2 Å². The molecule has 0 aromatic heterocycles. The molecule has 6 heteroatoms. The van der Waals surface area contributed by atoms with Crippen molar-refractivity contribution in [2.24, 2.45) is 0 Å². The SMILES string of the molecule is CC=O.ClCI.O=COCCl. The molecule has 68 valence electrons. The zero-order chi connectivity index (χ0) is 9.54. The van der Waals surface area contributed by atoms with Gasteiger partial charge in [-0.25, -0.2) is 0 Å². The van der Waals surface area contributed by atoms with Crippen LogP contribution >= 0.6 is 45.8 Å². The van der Waals surface area contributed by atoms with Crippen LogP contribution in [0.3, 0.4) is 0 Å². The number of rotatable bonds is 2. The van der Waals surface area contributed by atoms with E-state index in [-0.39, 0.29) is 6.07 Å². The highest BCUT2D eigenvalue weighted by Crippen LogP contribution is 1.80. The second-order valence-corrected chi connectivity index (χ2v) is 2.86. The van der Waals surface area contributed by atoms with E-state index in [0.717, 1.165) is 6.29 Å². The third-order valence-electron chi connectivity index (χ3n) is 0.131. The number of alkyl halides is 3. The summed E-state index contributed by atoms with van der Waals surface area (Å²) in [6.07, 6.45) is 0.750. The molecule has 0 aliphatic rings. The predicted octanol–water partition coefficient (Wildman–Crippen LogP) is 2.18. The van der Waals surface area contributed by atoms with Crippen LogP contribution in [-0.4, -0.2) is 22.7 Å². The van der Waals surface area contributed by atoms with Gasteiger partial charge >= 0.3 is 0 Å². The fraction of sp³-hybridized carbons (Fsp3) is 0.600. The van der Waals surface area contributed by atoms with Crippen molar-refractivity contribution in [2.75, 3.05) is 9.95 Å². The van der Waals surface area contributed by atoms with E-state index in [1.165, 1.54) is 6.92 Å². The normalized spacial score (nSPS) is 5.82. The summed E-state index contributed by atoms with van der Waals surface area (Å²) >= 11 is 11.9. The molecule has 0 fully saturated rings. The Morgan fingerprint density at radius 1 is 1.45 bits per heavy atom. The molecule has 0 radical (unpaired) electrons. The molecule has 0 N–H and O–H groups in total. The van der Waals surface area contributed by atoms with Crippen molar-refractivity contribution in [2.45, 2.75) is 6.92 Å². The van der Waals surface area contributed by atoms with E-state index in [4.69, 9.17) is 32.8 Å². The molecule has 0 saturated carbocycles. The Hall–Kier alpha value is 0.450. The molecule has 0 aromatic rings. The molecule has 0 amide bonds. The van der Waals surface area contributed by atoms with Crippen molar-refractivity contribution in [3.8, 4) is 0 Å². The average Bonchev–Trinajstić information content (AvgIpc) is 1.92. The van der Waals surface area contributed by atoms with Crippen LogP contribution in [0.25, 0.3) is 0 Å². The van der Waals surface area contributed by atoms with Crippen molar-refractivity contribution >= 4 is 58.6 Å². The summed E-state index contributed by atoms with van der Waals surface area (Å²) in [6, 6.07) is -0.0521. The third kappa shape index (κ3) is 124. The molecule has 0 atom stereocenters. The first-order chi connectivity index (χ1) is 5.24. The topological polar surface area (TPSA) is 43.4 Å². The Morgan fingerprint density at radius 3 is 1.73 bits per heavy atom. The van der Waals surface area contributed by atoms with Gasteiger partial charge in [0.1, 0.15) is 6.29 Å². The second-order valence-electron chi connectivity index (χ2n) is 0.709. The van der Waals surface area contributed by atoms with Crippen LogP contribution in [0.2, 0.25) is 0 Å². The van der Waals surface area contributed by atoms with Crippen LogP contribution in [0.15, 0.2) is 0 Å². The van der Waals surface area contributed by atoms with E-state index < -0.39 is 0 Å². The minimum Gasteiger partial charge on any atom is -0.452 e. The highest BCUT2D eigenvalue weighted by Gasteiger charge is 1.63. The highest BCUT2D eigenvalue weighted by molar-refractivity contribution is 14.1. The quantitative estimate of drug-likeness (QED) is 0.446. The maximum absolute atomic E-state index is 9.10. The van der Waals surface area contributed by atoms with Crippen molar-refractivity contribution in [1.82, 2.24) is 0 Å². The lowest BCUT2D eigenvalue weighted by Crippen LogP contribution is -1.77. The van der Waals surface area contributed by atoms with Crippen LogP contribution < -0.4 is 0 Å². The Labute approximate surface area is 89.5 Å². The highest BCUT2D eigenvalue weighted by atomic mass is 127. The Balaban J connectivity index is -0.0000000933. The number of hydrogen-bond acceptors (Lipinski definition) is 3. The number of carbonyl (C=O) groups excluding carboxylic acids is 2. The van der Waals surface area contributed by atoms with Gasteiger partial charge in [-0.05, 0) is 6.92 Å².